The van der Waals surface area contributed by atoms with Gasteiger partial charge in [-0.25, -0.2) is 9.98 Å². The summed E-state index contributed by atoms with van der Waals surface area (Å²) >= 11 is 5.19. The van der Waals surface area contributed by atoms with Gasteiger partial charge in [-0.15, -0.1) is 0 Å². The molecule has 0 radical (unpaired) electrons. The Hall–Kier alpha value is -1.60. The lowest BCUT2D eigenvalue weighted by molar-refractivity contribution is 0.452. The fraction of sp³-hybridized carbons (Fsp3) is 0.389. The molecule has 0 saturated heterocycles. The van der Waals surface area contributed by atoms with Gasteiger partial charge in [0.1, 0.15) is 5.75 Å². The van der Waals surface area contributed by atoms with E-state index in [0.717, 1.165) is 39.6 Å². The number of halogens is 1. The number of hydrogen-bond donors (Lipinski definition) is 0. The van der Waals surface area contributed by atoms with Crippen LogP contribution in [0.5, 0.6) is 11.6 Å². The van der Waals surface area contributed by atoms with Crippen LogP contribution in [-0.2, 0) is 0 Å². The summed E-state index contributed by atoms with van der Waals surface area (Å²) in [6.07, 6.45) is 4.64. The van der Waals surface area contributed by atoms with Crippen LogP contribution >= 0.6 is 27.7 Å². The number of benzene rings is 1. The van der Waals surface area contributed by atoms with Crippen LogP contribution in [0.2, 0.25) is 0 Å². The van der Waals surface area contributed by atoms with Crippen molar-refractivity contribution in [2.24, 2.45) is 4.99 Å². The maximum absolute atomic E-state index is 5.94. The zero-order valence-electron chi connectivity index (χ0n) is 15.0. The maximum Gasteiger partial charge on any atom is 0.223 e. The molecule has 2 rings (SSSR count). The van der Waals surface area contributed by atoms with Crippen LogP contribution < -0.4 is 4.74 Å². The Morgan fingerprint density at radius 3 is 2.88 bits per heavy atom. The topological polar surface area (TPSA) is 50.6 Å². The number of hydrogen-bond acceptors (Lipinski definition) is 5. The van der Waals surface area contributed by atoms with E-state index in [9.17, 15) is 0 Å². The molecule has 134 valence electrons. The van der Waals surface area contributed by atoms with Gasteiger partial charge < -0.3 is 9.64 Å². The van der Waals surface area contributed by atoms with Gasteiger partial charge in [0, 0.05) is 31.6 Å². The number of ether oxygens (including phenoxy) is 1. The highest BCUT2D eigenvalue weighted by molar-refractivity contribution is 9.10. The summed E-state index contributed by atoms with van der Waals surface area (Å²) < 4.78 is 6.78. The van der Waals surface area contributed by atoms with Gasteiger partial charge in [-0.3, -0.25) is 0 Å². The number of thioether (sulfide) groups is 1. The predicted octanol–water partition coefficient (Wildman–Crippen LogP) is 5.45. The molecule has 0 atom stereocenters. The lowest BCUT2D eigenvalue weighted by Gasteiger charge is -2.12. The van der Waals surface area contributed by atoms with Crippen molar-refractivity contribution in [3.05, 3.63) is 34.4 Å². The molecular formula is C18H23BrN4OS. The summed E-state index contributed by atoms with van der Waals surface area (Å²) in [4.78, 5) is 15.2. The van der Waals surface area contributed by atoms with Crippen molar-refractivity contribution >= 4 is 39.7 Å². The highest BCUT2D eigenvalue weighted by Gasteiger charge is 2.09. The minimum atomic E-state index is 0.538. The Morgan fingerprint density at radius 1 is 1.36 bits per heavy atom. The Kier molecular flexibility index (Phi) is 7.71. The second-order valence-corrected chi connectivity index (χ2v) is 7.43. The first-order chi connectivity index (χ1) is 12.0. The van der Waals surface area contributed by atoms with E-state index < -0.39 is 0 Å². The fourth-order valence-corrected chi connectivity index (χ4v) is 2.95. The van der Waals surface area contributed by atoms with Crippen molar-refractivity contribution in [2.45, 2.75) is 32.3 Å². The van der Waals surface area contributed by atoms with Crippen LogP contribution in [0.25, 0.3) is 0 Å². The molecular weight excluding hydrogens is 400 g/mol. The number of aliphatic imine (C=N–C) groups is 1. The van der Waals surface area contributed by atoms with Gasteiger partial charge in [-0.05, 0) is 53.9 Å². The Labute approximate surface area is 162 Å². The van der Waals surface area contributed by atoms with Crippen molar-refractivity contribution in [3.8, 4) is 11.6 Å². The summed E-state index contributed by atoms with van der Waals surface area (Å²) in [5.74, 6) is 2.24. The van der Waals surface area contributed by atoms with Crippen LogP contribution in [0.15, 0.2) is 39.0 Å². The predicted molar refractivity (Wildman–Crippen MR) is 108 cm³/mol. The zero-order valence-corrected chi connectivity index (χ0v) is 17.4. The van der Waals surface area contributed by atoms with Crippen molar-refractivity contribution in [1.29, 1.82) is 0 Å². The molecule has 0 aliphatic heterocycles. The van der Waals surface area contributed by atoms with Crippen LogP contribution in [0.4, 0.5) is 5.69 Å². The van der Waals surface area contributed by atoms with Gasteiger partial charge in [-0.2, -0.15) is 4.98 Å². The Bertz CT molecular complexity index is 739. The second kappa shape index (κ2) is 9.77. The molecule has 2 aromatic rings. The van der Waals surface area contributed by atoms with Gasteiger partial charge in [0.05, 0.1) is 16.5 Å². The summed E-state index contributed by atoms with van der Waals surface area (Å²) in [5.41, 5.74) is 1.94. The molecule has 1 aromatic carbocycles. The van der Waals surface area contributed by atoms with E-state index >= 15 is 0 Å². The average Bonchev–Trinajstić information content (AvgIpc) is 2.61. The first kappa shape index (κ1) is 19.7. The molecule has 1 aromatic heterocycles. The molecule has 0 saturated carbocycles. The highest BCUT2D eigenvalue weighted by atomic mass is 79.9. The molecule has 0 fully saturated rings. The average molecular weight is 423 g/mol. The lowest BCUT2D eigenvalue weighted by atomic mass is 10.2. The molecule has 0 unspecified atom stereocenters. The van der Waals surface area contributed by atoms with Gasteiger partial charge >= 0.3 is 0 Å². The quantitative estimate of drug-likeness (QED) is 0.245. The summed E-state index contributed by atoms with van der Waals surface area (Å²) in [6.45, 7) is 7.15. The van der Waals surface area contributed by atoms with Crippen molar-refractivity contribution < 1.29 is 4.74 Å². The standard InChI is InChI=1S/C18H23BrN4OS/c1-5-9-25-18-20-8-7-17(22-18)24-16-10-13(3)15(11-14(16)19)21-12-23(4)6-2/h7-8,10-12H,5-6,9H2,1-4H3/b21-12+. The maximum atomic E-state index is 5.94. The summed E-state index contributed by atoms with van der Waals surface area (Å²) in [7, 11) is 1.99. The van der Waals surface area contributed by atoms with E-state index in [1.165, 1.54) is 0 Å². The Morgan fingerprint density at radius 2 is 2.16 bits per heavy atom. The first-order valence-electron chi connectivity index (χ1n) is 8.21. The van der Waals surface area contributed by atoms with Gasteiger partial charge in [0.15, 0.2) is 5.16 Å². The van der Waals surface area contributed by atoms with E-state index in [0.29, 0.717) is 11.6 Å². The number of rotatable bonds is 8. The summed E-state index contributed by atoms with van der Waals surface area (Å²) in [5, 5.41) is 0.732. The van der Waals surface area contributed by atoms with E-state index in [1.54, 1.807) is 24.0 Å². The second-order valence-electron chi connectivity index (χ2n) is 5.51. The first-order valence-corrected chi connectivity index (χ1v) is 9.99. The monoisotopic (exact) mass is 422 g/mol. The zero-order chi connectivity index (χ0) is 18.2. The number of nitrogens with zero attached hydrogens (tertiary/aromatic N) is 4. The molecule has 0 amide bonds. The van der Waals surface area contributed by atoms with Crippen LogP contribution in [-0.4, -0.2) is 40.6 Å². The minimum Gasteiger partial charge on any atom is -0.438 e. The van der Waals surface area contributed by atoms with Crippen molar-refractivity contribution in [2.75, 3.05) is 19.3 Å². The SMILES string of the molecule is CCCSc1nccc(Oc2cc(C)c(/N=C/N(C)CC)cc2Br)n1. The molecule has 0 aliphatic carbocycles. The molecule has 1 heterocycles. The normalized spacial score (nSPS) is 11.1. The lowest BCUT2D eigenvalue weighted by Crippen LogP contribution is -2.14. The van der Waals surface area contributed by atoms with Gasteiger partial charge in [0.25, 0.3) is 0 Å². The van der Waals surface area contributed by atoms with Crippen molar-refractivity contribution in [3.63, 3.8) is 0 Å². The highest BCUT2D eigenvalue weighted by Crippen LogP contribution is 2.35. The molecule has 0 spiro atoms. The number of aromatic nitrogens is 2. The Balaban J connectivity index is 2.18. The van der Waals surface area contributed by atoms with E-state index in [4.69, 9.17) is 4.74 Å². The van der Waals surface area contributed by atoms with Crippen molar-refractivity contribution in [1.82, 2.24) is 14.9 Å². The van der Waals surface area contributed by atoms with Crippen LogP contribution in [0.1, 0.15) is 25.8 Å². The fourth-order valence-electron chi connectivity index (χ4n) is 1.86. The third-order valence-electron chi connectivity index (χ3n) is 3.40. The third kappa shape index (κ3) is 6.01. The minimum absolute atomic E-state index is 0.538. The molecule has 7 heteroatoms. The molecule has 0 bridgehead atoms. The van der Waals surface area contributed by atoms with E-state index in [1.807, 2.05) is 37.3 Å². The third-order valence-corrected chi connectivity index (χ3v) is 5.09. The number of aryl methyl sites for hydroxylation is 1. The van der Waals surface area contributed by atoms with Gasteiger partial charge in [-0.1, -0.05) is 18.7 Å². The summed E-state index contributed by atoms with van der Waals surface area (Å²) in [6, 6.07) is 5.68. The molecule has 25 heavy (non-hydrogen) atoms. The molecule has 0 aliphatic rings. The van der Waals surface area contributed by atoms with E-state index in [-0.39, 0.29) is 0 Å². The van der Waals surface area contributed by atoms with Gasteiger partial charge in [0.2, 0.25) is 5.88 Å². The largest absolute Gasteiger partial charge is 0.438 e. The van der Waals surface area contributed by atoms with Crippen LogP contribution in [0.3, 0.4) is 0 Å². The smallest absolute Gasteiger partial charge is 0.223 e. The van der Waals surface area contributed by atoms with Crippen LogP contribution in [0, 0.1) is 6.92 Å². The molecule has 5 nitrogen and oxygen atoms in total. The molecule has 0 N–H and O–H groups in total. The van der Waals surface area contributed by atoms with E-state index in [2.05, 4.69) is 44.7 Å².